The van der Waals surface area contributed by atoms with E-state index in [4.69, 9.17) is 0 Å². The number of hydrogen-bond acceptors (Lipinski definition) is 0. The molecule has 0 N–H and O–H groups in total. The first-order valence-electron chi connectivity index (χ1n) is 14.4. The lowest BCUT2D eigenvalue weighted by molar-refractivity contribution is 0.838. The molecule has 0 aliphatic carbocycles. The van der Waals surface area contributed by atoms with Crippen LogP contribution in [0.3, 0.4) is 0 Å². The van der Waals surface area contributed by atoms with E-state index >= 15 is 0 Å². The molecule has 2 nitrogen and oxygen atoms in total. The van der Waals surface area contributed by atoms with Gasteiger partial charge in [-0.05, 0) is 97.8 Å². The largest absolute Gasteiger partial charge is 0.351 e. The Morgan fingerprint density at radius 2 is 1.28 bits per heavy atom. The van der Waals surface area contributed by atoms with E-state index in [0.717, 1.165) is 5.69 Å². The predicted molar refractivity (Wildman–Crippen MR) is 175 cm³/mol. The Balaban J connectivity index is 1.59. The average molecular weight is 529 g/mol. The third kappa shape index (κ3) is 3.76. The van der Waals surface area contributed by atoms with E-state index < -0.39 is 8.07 Å². The van der Waals surface area contributed by atoms with Crippen LogP contribution in [0, 0.1) is 18.4 Å². The molecule has 0 bridgehead atoms. The molecule has 0 unspecified atom stereocenters. The Bertz CT molecular complexity index is 1960. The second kappa shape index (κ2) is 9.03. The van der Waals surface area contributed by atoms with Crippen molar-refractivity contribution in [1.29, 1.82) is 0 Å². The maximum atomic E-state index is 3.94. The van der Waals surface area contributed by atoms with Crippen molar-refractivity contribution in [3.05, 3.63) is 72.1 Å². The minimum atomic E-state index is -1.80. The molecule has 0 aliphatic rings. The van der Waals surface area contributed by atoms with Gasteiger partial charge in [0.1, 0.15) is 8.07 Å². The molecule has 2 heterocycles. The lowest BCUT2D eigenvalue weighted by Gasteiger charge is -2.38. The second-order valence-electron chi connectivity index (χ2n) is 12.6. The molecule has 0 radical (unpaired) electrons. The van der Waals surface area contributed by atoms with Gasteiger partial charge in [-0.25, -0.2) is 0 Å². The molecule has 0 atom stereocenters. The highest BCUT2D eigenvalue weighted by molar-refractivity contribution is 6.90. The summed E-state index contributed by atoms with van der Waals surface area (Å²) in [6, 6.07) is 21.0. The minimum Gasteiger partial charge on any atom is -0.351 e. The quantitative estimate of drug-likeness (QED) is 0.123. The topological polar surface area (TPSA) is 9.86 Å². The molecule has 39 heavy (non-hydrogen) atoms. The van der Waals surface area contributed by atoms with E-state index in [1.807, 2.05) is 0 Å². The maximum absolute atomic E-state index is 3.94. The van der Waals surface area contributed by atoms with Gasteiger partial charge in [0.15, 0.2) is 0 Å². The Kier molecular flexibility index (Phi) is 5.97. The van der Waals surface area contributed by atoms with Gasteiger partial charge >= 0.3 is 0 Å². The van der Waals surface area contributed by atoms with E-state index in [1.165, 1.54) is 59.7 Å². The Labute approximate surface area is 233 Å². The first-order valence-corrected chi connectivity index (χ1v) is 16.6. The first kappa shape index (κ1) is 25.8. The summed E-state index contributed by atoms with van der Waals surface area (Å²) in [6.45, 7) is 16.6. The van der Waals surface area contributed by atoms with Gasteiger partial charge in [-0.3, -0.25) is 0 Å². The normalized spacial score (nSPS) is 12.7. The van der Waals surface area contributed by atoms with Crippen LogP contribution in [0.2, 0.25) is 16.6 Å². The highest BCUT2D eigenvalue weighted by atomic mass is 28.3. The van der Waals surface area contributed by atoms with E-state index in [1.54, 1.807) is 0 Å². The average Bonchev–Trinajstić information content (AvgIpc) is 3.40. The van der Waals surface area contributed by atoms with E-state index in [9.17, 15) is 0 Å². The van der Waals surface area contributed by atoms with Gasteiger partial charge in [0, 0.05) is 42.1 Å². The summed E-state index contributed by atoms with van der Waals surface area (Å²) in [5.41, 5.74) is 10.8. The van der Waals surface area contributed by atoms with Crippen molar-refractivity contribution < 1.29 is 0 Å². The van der Waals surface area contributed by atoms with Crippen LogP contribution in [0.25, 0.3) is 54.1 Å². The third-order valence-corrected chi connectivity index (χ3v) is 15.9. The molecule has 4 aromatic carbocycles. The minimum absolute atomic E-state index is 0.628. The fourth-order valence-corrected chi connectivity index (χ4v) is 12.7. The molecule has 0 saturated heterocycles. The van der Waals surface area contributed by atoms with Crippen molar-refractivity contribution in [3.8, 4) is 11.5 Å². The summed E-state index contributed by atoms with van der Waals surface area (Å²) in [4.78, 5) is 0. The molecular formula is C36H40N2Si. The molecule has 0 spiro atoms. The van der Waals surface area contributed by atoms with Gasteiger partial charge in [0.05, 0.1) is 5.69 Å². The van der Waals surface area contributed by atoms with E-state index in [-0.39, 0.29) is 0 Å². The van der Waals surface area contributed by atoms with Crippen molar-refractivity contribution in [2.45, 2.75) is 65.1 Å². The van der Waals surface area contributed by atoms with Crippen LogP contribution in [-0.4, -0.2) is 17.2 Å². The lowest BCUT2D eigenvalue weighted by atomic mass is 9.93. The SMILES string of the molecule is Cc1cc2c3cc4ccn(C)c4cc3ccc2c2cc3cc(C#C[Si](C(C)C)(C(C)C)C(C)C)n(C)c3cc12. The van der Waals surface area contributed by atoms with Crippen LogP contribution in [0.4, 0.5) is 0 Å². The zero-order valence-electron chi connectivity index (χ0n) is 24.9. The summed E-state index contributed by atoms with van der Waals surface area (Å²) < 4.78 is 4.51. The van der Waals surface area contributed by atoms with Gasteiger partial charge in [0.25, 0.3) is 0 Å². The van der Waals surface area contributed by atoms with Crippen molar-refractivity contribution in [3.63, 3.8) is 0 Å². The first-order chi connectivity index (χ1) is 18.5. The number of nitrogens with zero attached hydrogens (tertiary/aromatic N) is 2. The van der Waals surface area contributed by atoms with Crippen molar-refractivity contribution in [2.24, 2.45) is 14.1 Å². The summed E-state index contributed by atoms with van der Waals surface area (Å²) in [6.07, 6.45) is 2.15. The summed E-state index contributed by atoms with van der Waals surface area (Å²) in [7, 11) is 2.50. The molecule has 2 aromatic heterocycles. The van der Waals surface area contributed by atoms with Crippen LogP contribution in [0.1, 0.15) is 52.8 Å². The van der Waals surface area contributed by atoms with Gasteiger partial charge < -0.3 is 9.13 Å². The van der Waals surface area contributed by atoms with Gasteiger partial charge in [0.2, 0.25) is 0 Å². The fourth-order valence-electron chi connectivity index (χ4n) is 7.46. The van der Waals surface area contributed by atoms with Crippen LogP contribution >= 0.6 is 0 Å². The number of aromatic nitrogens is 2. The van der Waals surface area contributed by atoms with Gasteiger partial charge in [-0.15, -0.1) is 5.54 Å². The molecular weight excluding hydrogens is 488 g/mol. The number of rotatable bonds is 3. The van der Waals surface area contributed by atoms with Gasteiger partial charge in [-0.2, -0.15) is 0 Å². The van der Waals surface area contributed by atoms with Gasteiger partial charge in [-0.1, -0.05) is 65.7 Å². The number of fused-ring (bicyclic) bond motifs is 7. The predicted octanol–water partition coefficient (Wildman–Crippen LogP) is 10.0. The number of aryl methyl sites for hydroxylation is 3. The molecule has 0 saturated carbocycles. The molecule has 3 heteroatoms. The van der Waals surface area contributed by atoms with Crippen LogP contribution < -0.4 is 0 Å². The number of benzene rings is 4. The molecule has 198 valence electrons. The van der Waals surface area contributed by atoms with E-state index in [0.29, 0.717) is 16.6 Å². The second-order valence-corrected chi connectivity index (χ2v) is 18.2. The summed E-state index contributed by atoms with van der Waals surface area (Å²) in [5.74, 6) is 3.71. The smallest absolute Gasteiger partial charge is 0.146 e. The highest BCUT2D eigenvalue weighted by Crippen LogP contribution is 2.41. The molecule has 0 fully saturated rings. The molecule has 6 aromatic rings. The zero-order valence-corrected chi connectivity index (χ0v) is 25.9. The Morgan fingerprint density at radius 1 is 0.615 bits per heavy atom. The maximum Gasteiger partial charge on any atom is 0.146 e. The monoisotopic (exact) mass is 528 g/mol. The lowest BCUT2D eigenvalue weighted by Crippen LogP contribution is -2.43. The Morgan fingerprint density at radius 3 is 1.97 bits per heavy atom. The third-order valence-electron chi connectivity index (χ3n) is 9.60. The van der Waals surface area contributed by atoms with Crippen molar-refractivity contribution >= 4 is 62.2 Å². The van der Waals surface area contributed by atoms with Crippen molar-refractivity contribution in [2.75, 3.05) is 0 Å². The highest BCUT2D eigenvalue weighted by Gasteiger charge is 2.41. The van der Waals surface area contributed by atoms with Crippen LogP contribution in [0.5, 0.6) is 0 Å². The van der Waals surface area contributed by atoms with Crippen LogP contribution in [-0.2, 0) is 14.1 Å². The fraction of sp³-hybridized carbons (Fsp3) is 0.333. The number of hydrogen-bond donors (Lipinski definition) is 0. The standard InChI is InChI=1S/C36H40N2Si/c1-22(2)39(23(3)4,24(5)6)15-13-29-17-28-19-34-30-11-10-26-20-35-27(12-14-37(35)8)18-32(26)33(30)16-25(7)31(34)21-36(28)38(29)9/h10-12,14,16-24H,1-9H3. The zero-order chi connectivity index (χ0) is 27.8. The Hall–Kier alpha value is -3.48. The van der Waals surface area contributed by atoms with E-state index in [2.05, 4.69) is 144 Å². The molecule has 0 amide bonds. The summed E-state index contributed by atoms with van der Waals surface area (Å²) >= 11 is 0. The van der Waals surface area contributed by atoms with Crippen LogP contribution in [0.15, 0.2) is 60.8 Å². The van der Waals surface area contributed by atoms with Crippen molar-refractivity contribution in [1.82, 2.24) is 9.13 Å². The molecule has 0 aliphatic heterocycles. The summed E-state index contributed by atoms with van der Waals surface area (Å²) in [5, 5.41) is 10.5. The molecule has 6 rings (SSSR count).